The second-order valence-corrected chi connectivity index (χ2v) is 5.08. The summed E-state index contributed by atoms with van der Waals surface area (Å²) in [5, 5.41) is 0. The Balaban J connectivity index is 2.94. The Hall–Kier alpha value is -0.940. The smallest absolute Gasteiger partial charge is 0.250 e. The maximum Gasteiger partial charge on any atom is 0.250 e. The summed E-state index contributed by atoms with van der Waals surface area (Å²) in [4.78, 5) is 0. The number of sulfonamides is 1. The molecule has 5 heteroatoms. The largest absolute Gasteiger partial charge is 0.370 e. The molecule has 0 radical (unpaired) electrons. The highest BCUT2D eigenvalue weighted by Gasteiger charge is 2.23. The van der Waals surface area contributed by atoms with Crippen LogP contribution in [-0.4, -0.2) is 33.1 Å². The summed E-state index contributed by atoms with van der Waals surface area (Å²) in [6.45, 7) is 2.00. The van der Waals surface area contributed by atoms with Gasteiger partial charge in [0.1, 0.15) is 5.60 Å². The maximum absolute atomic E-state index is 10.9. The van der Waals surface area contributed by atoms with Crippen molar-refractivity contribution in [3.05, 3.63) is 24.3 Å². The highest BCUT2D eigenvalue weighted by atomic mass is 32.2. The number of hydrogen-bond donors (Lipinski definition) is 0. The molecule has 15 heavy (non-hydrogen) atoms. The predicted octanol–water partition coefficient (Wildman–Crippen LogP) is 1.31. The van der Waals surface area contributed by atoms with E-state index in [2.05, 4.69) is 4.40 Å². The van der Waals surface area contributed by atoms with E-state index in [0.29, 0.717) is 5.71 Å². The van der Waals surface area contributed by atoms with Crippen LogP contribution in [-0.2, 0) is 14.8 Å². The fraction of sp³-hybridized carbons (Fsp3) is 0.500. The Morgan fingerprint density at radius 2 is 1.93 bits per heavy atom. The van der Waals surface area contributed by atoms with Crippen LogP contribution in [0.25, 0.3) is 0 Å². The molecule has 1 aliphatic carbocycles. The average Bonchev–Trinajstić information content (AvgIpc) is 2.17. The monoisotopic (exact) mass is 229 g/mol. The summed E-state index contributed by atoms with van der Waals surface area (Å²) in [5.74, 6) is 0. The van der Waals surface area contributed by atoms with Crippen molar-refractivity contribution in [2.75, 3.05) is 13.4 Å². The van der Waals surface area contributed by atoms with Crippen molar-refractivity contribution in [1.82, 2.24) is 0 Å². The van der Waals surface area contributed by atoms with Crippen LogP contribution in [0.15, 0.2) is 28.7 Å². The summed E-state index contributed by atoms with van der Waals surface area (Å²) in [5.41, 5.74) is 0.00917. The van der Waals surface area contributed by atoms with Gasteiger partial charge in [0.25, 0.3) is 10.0 Å². The maximum atomic E-state index is 10.9. The molecule has 0 N–H and O–H groups in total. The minimum atomic E-state index is -3.33. The Kier molecular flexibility index (Phi) is 3.46. The summed E-state index contributed by atoms with van der Waals surface area (Å²) in [6, 6.07) is 0. The van der Waals surface area contributed by atoms with Crippen LogP contribution < -0.4 is 0 Å². The van der Waals surface area contributed by atoms with Crippen LogP contribution in [0, 0.1) is 0 Å². The Morgan fingerprint density at radius 1 is 1.40 bits per heavy atom. The van der Waals surface area contributed by atoms with Gasteiger partial charge in [-0.3, -0.25) is 0 Å². The van der Waals surface area contributed by atoms with Crippen LogP contribution in [0.3, 0.4) is 0 Å². The highest BCUT2D eigenvalue weighted by Crippen LogP contribution is 2.22. The van der Waals surface area contributed by atoms with Gasteiger partial charge in [0.2, 0.25) is 0 Å². The molecule has 0 heterocycles. The first-order chi connectivity index (χ1) is 6.91. The molecule has 0 saturated heterocycles. The zero-order valence-corrected chi connectivity index (χ0v) is 9.91. The standard InChI is InChI=1S/C10H15NO3S/c1-4-10(14-2)7-5-9(6-8-10)11-15(3,12)13/h5-8H,4H2,1-3H3. The Bertz CT molecular complexity index is 396. The first-order valence-electron chi connectivity index (χ1n) is 4.64. The molecular weight excluding hydrogens is 214 g/mol. The molecule has 0 aliphatic heterocycles. The number of ether oxygens (including phenoxy) is 1. The first kappa shape index (κ1) is 12.1. The number of hydrogen-bond acceptors (Lipinski definition) is 3. The normalized spacial score (nSPS) is 25.7. The van der Waals surface area contributed by atoms with Crippen molar-refractivity contribution in [2.45, 2.75) is 18.9 Å². The third-order valence-corrected chi connectivity index (χ3v) is 2.82. The molecule has 0 bridgehead atoms. The van der Waals surface area contributed by atoms with Gasteiger partial charge in [0.05, 0.1) is 12.0 Å². The van der Waals surface area contributed by atoms with E-state index in [1.807, 2.05) is 19.1 Å². The van der Waals surface area contributed by atoms with Crippen molar-refractivity contribution >= 4 is 15.7 Å². The fourth-order valence-corrected chi connectivity index (χ4v) is 1.84. The second kappa shape index (κ2) is 4.28. The number of methoxy groups -OCH3 is 1. The second-order valence-electron chi connectivity index (χ2n) is 3.43. The van der Waals surface area contributed by atoms with E-state index in [9.17, 15) is 8.42 Å². The lowest BCUT2D eigenvalue weighted by Crippen LogP contribution is -2.27. The zero-order valence-electron chi connectivity index (χ0n) is 9.10. The quantitative estimate of drug-likeness (QED) is 0.733. The molecule has 1 rings (SSSR count). The summed E-state index contributed by atoms with van der Waals surface area (Å²) in [6.07, 6.45) is 8.82. The third kappa shape index (κ3) is 3.28. The van der Waals surface area contributed by atoms with Crippen LogP contribution in [0.1, 0.15) is 13.3 Å². The van der Waals surface area contributed by atoms with Crippen LogP contribution >= 0.6 is 0 Å². The van der Waals surface area contributed by atoms with Gasteiger partial charge in [-0.05, 0) is 30.7 Å². The predicted molar refractivity (Wildman–Crippen MR) is 60.6 cm³/mol. The van der Waals surface area contributed by atoms with Crippen molar-refractivity contribution in [3.63, 3.8) is 0 Å². The lowest BCUT2D eigenvalue weighted by Gasteiger charge is -2.26. The van der Waals surface area contributed by atoms with E-state index < -0.39 is 15.6 Å². The highest BCUT2D eigenvalue weighted by molar-refractivity contribution is 7.89. The Morgan fingerprint density at radius 3 is 2.27 bits per heavy atom. The molecule has 84 valence electrons. The zero-order chi connectivity index (χ0) is 11.5. The van der Waals surface area contributed by atoms with Gasteiger partial charge >= 0.3 is 0 Å². The molecule has 0 spiro atoms. The van der Waals surface area contributed by atoms with Crippen LogP contribution in [0.4, 0.5) is 0 Å². The number of rotatable bonds is 3. The Labute approximate surface area is 90.4 Å². The fourth-order valence-electron chi connectivity index (χ4n) is 1.33. The topological polar surface area (TPSA) is 55.7 Å². The van der Waals surface area contributed by atoms with Gasteiger partial charge in [-0.25, -0.2) is 8.42 Å². The van der Waals surface area contributed by atoms with E-state index in [1.54, 1.807) is 19.3 Å². The molecule has 0 aromatic heterocycles. The molecule has 0 aromatic rings. The minimum absolute atomic E-state index is 0.420. The van der Waals surface area contributed by atoms with Gasteiger partial charge in [0.15, 0.2) is 0 Å². The number of allylic oxidation sites excluding steroid dienone is 2. The lowest BCUT2D eigenvalue weighted by molar-refractivity contribution is 0.0707. The molecule has 0 unspecified atom stereocenters. The molecule has 4 nitrogen and oxygen atoms in total. The summed E-state index contributed by atoms with van der Waals surface area (Å²) < 4.78 is 30.7. The van der Waals surface area contributed by atoms with Crippen molar-refractivity contribution in [2.24, 2.45) is 4.40 Å². The SMILES string of the molecule is CCC1(OC)C=CC(=NS(C)(=O)=O)C=C1. The van der Waals surface area contributed by atoms with Gasteiger partial charge in [-0.1, -0.05) is 6.92 Å². The summed E-state index contributed by atoms with van der Waals surface area (Å²) in [7, 11) is -1.71. The molecule has 0 amide bonds. The lowest BCUT2D eigenvalue weighted by atomic mass is 9.94. The number of nitrogens with zero attached hydrogens (tertiary/aromatic N) is 1. The van der Waals surface area contributed by atoms with Crippen LogP contribution in [0.5, 0.6) is 0 Å². The average molecular weight is 229 g/mol. The van der Waals surface area contributed by atoms with Gasteiger partial charge in [-0.15, -0.1) is 0 Å². The van der Waals surface area contributed by atoms with Gasteiger partial charge < -0.3 is 4.74 Å². The first-order valence-corrected chi connectivity index (χ1v) is 6.49. The van der Waals surface area contributed by atoms with E-state index >= 15 is 0 Å². The molecule has 1 aliphatic rings. The van der Waals surface area contributed by atoms with Gasteiger partial charge in [-0.2, -0.15) is 4.40 Å². The van der Waals surface area contributed by atoms with Crippen molar-refractivity contribution in [1.29, 1.82) is 0 Å². The van der Waals surface area contributed by atoms with E-state index in [-0.39, 0.29) is 0 Å². The minimum Gasteiger partial charge on any atom is -0.370 e. The third-order valence-electron chi connectivity index (χ3n) is 2.28. The molecule has 0 atom stereocenters. The van der Waals surface area contributed by atoms with Crippen molar-refractivity contribution < 1.29 is 13.2 Å². The van der Waals surface area contributed by atoms with E-state index in [4.69, 9.17) is 4.74 Å². The van der Waals surface area contributed by atoms with E-state index in [0.717, 1.165) is 12.7 Å². The summed E-state index contributed by atoms with van der Waals surface area (Å²) >= 11 is 0. The van der Waals surface area contributed by atoms with Gasteiger partial charge in [0, 0.05) is 7.11 Å². The molecule has 0 fully saturated rings. The molecule has 0 aromatic carbocycles. The van der Waals surface area contributed by atoms with Crippen molar-refractivity contribution in [3.8, 4) is 0 Å². The van der Waals surface area contributed by atoms with Crippen LogP contribution in [0.2, 0.25) is 0 Å². The molecule has 0 saturated carbocycles. The van der Waals surface area contributed by atoms with E-state index in [1.165, 1.54) is 0 Å². The molecular formula is C10H15NO3S.